The fourth-order valence-corrected chi connectivity index (χ4v) is 6.92. The SMILES string of the molecule is CCCCCCCC/C=C/C/C=C/CCCCC(=O)OC[C@H](CO[C@@H]1O[C@H](CO)[C@H](O)C(O)C1O)OC(=O)CCCCCCCCCCCCCCCCCC. The zero-order valence-electron chi connectivity index (χ0n) is 35.6. The Balaban J connectivity index is 2.34. The van der Waals surface area contributed by atoms with Crippen molar-refractivity contribution in [1.29, 1.82) is 0 Å². The molecule has 0 aromatic heterocycles. The first-order chi connectivity index (χ1) is 27.3. The molecule has 0 aromatic rings. The number of hydrogen-bond acceptors (Lipinski definition) is 10. The molecule has 0 amide bonds. The zero-order chi connectivity index (χ0) is 40.9. The number of hydrogen-bond donors (Lipinski definition) is 4. The number of esters is 2. The molecule has 1 rings (SSSR count). The van der Waals surface area contributed by atoms with E-state index >= 15 is 0 Å². The molecule has 56 heavy (non-hydrogen) atoms. The third-order valence-corrected chi connectivity index (χ3v) is 10.6. The molecule has 328 valence electrons. The number of aliphatic hydroxyl groups excluding tert-OH is 4. The molecule has 0 aromatic carbocycles. The molecule has 0 aliphatic carbocycles. The van der Waals surface area contributed by atoms with Crippen molar-refractivity contribution in [2.24, 2.45) is 0 Å². The van der Waals surface area contributed by atoms with Crippen LogP contribution in [0, 0.1) is 0 Å². The number of carbonyl (C=O) groups is 2. The summed E-state index contributed by atoms with van der Waals surface area (Å²) < 4.78 is 22.1. The van der Waals surface area contributed by atoms with E-state index in [-0.39, 0.29) is 26.1 Å². The van der Waals surface area contributed by atoms with E-state index in [1.807, 2.05) is 0 Å². The Labute approximate surface area is 341 Å². The Morgan fingerprint density at radius 2 is 1.00 bits per heavy atom. The summed E-state index contributed by atoms with van der Waals surface area (Å²) in [6.07, 6.45) is 33.3. The van der Waals surface area contributed by atoms with Crippen molar-refractivity contribution >= 4 is 11.9 Å². The third kappa shape index (κ3) is 28.6. The predicted octanol–water partition coefficient (Wildman–Crippen LogP) is 9.72. The van der Waals surface area contributed by atoms with E-state index in [0.29, 0.717) is 12.8 Å². The van der Waals surface area contributed by atoms with Crippen LogP contribution in [0.4, 0.5) is 0 Å². The maximum Gasteiger partial charge on any atom is 0.306 e. The van der Waals surface area contributed by atoms with Gasteiger partial charge < -0.3 is 39.4 Å². The molecular formula is C46H84O10. The molecule has 1 aliphatic heterocycles. The minimum atomic E-state index is -1.60. The summed E-state index contributed by atoms with van der Waals surface area (Å²) in [5.41, 5.74) is 0. The summed E-state index contributed by atoms with van der Waals surface area (Å²) in [6.45, 7) is 3.40. The lowest BCUT2D eigenvalue weighted by molar-refractivity contribution is -0.305. The number of unbranched alkanes of at least 4 members (excludes halogenated alkanes) is 23. The normalized spacial score (nSPS) is 20.6. The van der Waals surface area contributed by atoms with E-state index < -0.39 is 55.4 Å². The van der Waals surface area contributed by atoms with Crippen LogP contribution in [-0.4, -0.2) is 89.0 Å². The zero-order valence-corrected chi connectivity index (χ0v) is 35.6. The first-order valence-electron chi connectivity index (χ1n) is 22.9. The van der Waals surface area contributed by atoms with Crippen molar-refractivity contribution in [3.63, 3.8) is 0 Å². The van der Waals surface area contributed by atoms with Gasteiger partial charge in [-0.05, 0) is 44.9 Å². The molecule has 0 bridgehead atoms. The van der Waals surface area contributed by atoms with E-state index in [0.717, 1.165) is 44.9 Å². The highest BCUT2D eigenvalue weighted by molar-refractivity contribution is 5.70. The highest BCUT2D eigenvalue weighted by Crippen LogP contribution is 2.23. The minimum absolute atomic E-state index is 0.228. The van der Waals surface area contributed by atoms with Gasteiger partial charge in [0.15, 0.2) is 12.4 Å². The molecule has 1 heterocycles. The summed E-state index contributed by atoms with van der Waals surface area (Å²) in [5, 5.41) is 40.1. The van der Waals surface area contributed by atoms with Crippen LogP contribution in [0.15, 0.2) is 24.3 Å². The number of ether oxygens (including phenoxy) is 4. The Morgan fingerprint density at radius 3 is 1.52 bits per heavy atom. The van der Waals surface area contributed by atoms with Gasteiger partial charge in [0.05, 0.1) is 13.2 Å². The smallest absolute Gasteiger partial charge is 0.306 e. The monoisotopic (exact) mass is 797 g/mol. The first kappa shape index (κ1) is 52.2. The average molecular weight is 797 g/mol. The summed E-state index contributed by atoms with van der Waals surface area (Å²) >= 11 is 0. The molecule has 0 radical (unpaired) electrons. The first-order valence-corrected chi connectivity index (χ1v) is 22.9. The Bertz CT molecular complexity index is 970. The van der Waals surface area contributed by atoms with Crippen LogP contribution in [-0.2, 0) is 28.5 Å². The summed E-state index contributed by atoms with van der Waals surface area (Å²) in [5.74, 6) is -0.837. The number of rotatable bonds is 38. The lowest BCUT2D eigenvalue weighted by Gasteiger charge is -2.39. The van der Waals surface area contributed by atoms with Crippen molar-refractivity contribution in [3.05, 3.63) is 24.3 Å². The van der Waals surface area contributed by atoms with E-state index in [1.165, 1.54) is 116 Å². The Morgan fingerprint density at radius 1 is 0.554 bits per heavy atom. The van der Waals surface area contributed by atoms with Gasteiger partial charge in [0.1, 0.15) is 31.0 Å². The quantitative estimate of drug-likeness (QED) is 0.0270. The van der Waals surface area contributed by atoms with Gasteiger partial charge in [0.25, 0.3) is 0 Å². The lowest BCUT2D eigenvalue weighted by atomic mass is 9.99. The highest BCUT2D eigenvalue weighted by atomic mass is 16.7. The van der Waals surface area contributed by atoms with Gasteiger partial charge >= 0.3 is 11.9 Å². The molecule has 10 nitrogen and oxygen atoms in total. The maximum atomic E-state index is 12.8. The number of aliphatic hydroxyl groups is 4. The van der Waals surface area contributed by atoms with Gasteiger partial charge in [-0.2, -0.15) is 0 Å². The van der Waals surface area contributed by atoms with Crippen molar-refractivity contribution in [2.45, 2.75) is 237 Å². The van der Waals surface area contributed by atoms with Crippen LogP contribution in [0.25, 0.3) is 0 Å². The number of allylic oxidation sites excluding steroid dienone is 4. The topological polar surface area (TPSA) is 152 Å². The van der Waals surface area contributed by atoms with E-state index in [1.54, 1.807) is 0 Å². The van der Waals surface area contributed by atoms with Gasteiger partial charge in [0, 0.05) is 12.8 Å². The second-order valence-corrected chi connectivity index (χ2v) is 15.9. The molecule has 0 spiro atoms. The van der Waals surface area contributed by atoms with Crippen molar-refractivity contribution in [3.8, 4) is 0 Å². The third-order valence-electron chi connectivity index (χ3n) is 10.6. The Hall–Kier alpha value is -1.82. The largest absolute Gasteiger partial charge is 0.462 e. The molecule has 1 fully saturated rings. The molecule has 1 saturated heterocycles. The molecule has 2 unspecified atom stereocenters. The van der Waals surface area contributed by atoms with Crippen molar-refractivity contribution in [1.82, 2.24) is 0 Å². The van der Waals surface area contributed by atoms with Gasteiger partial charge in [-0.1, -0.05) is 167 Å². The van der Waals surface area contributed by atoms with Crippen molar-refractivity contribution in [2.75, 3.05) is 19.8 Å². The van der Waals surface area contributed by atoms with E-state index in [9.17, 15) is 30.0 Å². The van der Waals surface area contributed by atoms with Crippen LogP contribution in [0.5, 0.6) is 0 Å². The fraction of sp³-hybridized carbons (Fsp3) is 0.870. The highest BCUT2D eigenvalue weighted by Gasteiger charge is 2.44. The molecule has 0 saturated carbocycles. The average Bonchev–Trinajstić information content (AvgIpc) is 3.19. The van der Waals surface area contributed by atoms with Crippen LogP contribution in [0.2, 0.25) is 0 Å². The summed E-state index contributed by atoms with van der Waals surface area (Å²) in [7, 11) is 0. The Kier molecular flexibility index (Phi) is 34.9. The second-order valence-electron chi connectivity index (χ2n) is 15.9. The second kappa shape index (κ2) is 37.5. The van der Waals surface area contributed by atoms with Gasteiger partial charge in [-0.15, -0.1) is 0 Å². The molecule has 4 N–H and O–H groups in total. The molecule has 10 heteroatoms. The molecule has 6 atom stereocenters. The molecular weight excluding hydrogens is 712 g/mol. The minimum Gasteiger partial charge on any atom is -0.462 e. The predicted molar refractivity (Wildman–Crippen MR) is 224 cm³/mol. The van der Waals surface area contributed by atoms with Crippen LogP contribution >= 0.6 is 0 Å². The van der Waals surface area contributed by atoms with E-state index in [2.05, 4.69) is 38.2 Å². The number of carbonyl (C=O) groups excluding carboxylic acids is 2. The van der Waals surface area contributed by atoms with Gasteiger partial charge in [-0.3, -0.25) is 9.59 Å². The van der Waals surface area contributed by atoms with Gasteiger partial charge in [-0.25, -0.2) is 0 Å². The standard InChI is InChI=1S/C46H84O10/c1-3-5-7-9-11-13-15-17-19-21-23-25-27-29-31-33-35-42(49)55-39(38-54-46-45(52)44(51)43(50)40(36-47)56-46)37-53-41(48)34-32-30-28-26-24-22-20-18-16-14-12-10-8-6-4-2/h18,20,24,26,39-40,43-47,50-52H,3-17,19,21-23,25,27-38H2,1-2H3/b20-18+,26-24+/t39-,40-,43+,44?,45?,46-/m1/s1. The lowest BCUT2D eigenvalue weighted by Crippen LogP contribution is -2.59. The maximum absolute atomic E-state index is 12.8. The summed E-state index contributed by atoms with van der Waals surface area (Å²) in [6, 6.07) is 0. The van der Waals surface area contributed by atoms with Crippen molar-refractivity contribution < 1.29 is 49.0 Å². The van der Waals surface area contributed by atoms with Gasteiger partial charge in [0.2, 0.25) is 0 Å². The van der Waals surface area contributed by atoms with Crippen LogP contribution in [0.3, 0.4) is 0 Å². The molecule has 1 aliphatic rings. The van der Waals surface area contributed by atoms with Crippen LogP contribution < -0.4 is 0 Å². The summed E-state index contributed by atoms with van der Waals surface area (Å²) in [4.78, 5) is 25.3. The van der Waals surface area contributed by atoms with Crippen LogP contribution in [0.1, 0.15) is 200 Å². The van der Waals surface area contributed by atoms with E-state index in [4.69, 9.17) is 18.9 Å². The fourth-order valence-electron chi connectivity index (χ4n) is 6.92.